The fraction of sp³-hybridized carbons (Fsp3) is 0.571. The van der Waals surface area contributed by atoms with Crippen LogP contribution in [0.15, 0.2) is 18.2 Å². The molecule has 1 aromatic rings. The summed E-state index contributed by atoms with van der Waals surface area (Å²) in [5, 5.41) is 3.65. The normalized spacial score (nSPS) is 20.0. The summed E-state index contributed by atoms with van der Waals surface area (Å²) >= 11 is 0. The van der Waals surface area contributed by atoms with E-state index in [1.54, 1.807) is 11.1 Å². The van der Waals surface area contributed by atoms with Crippen molar-refractivity contribution in [3.05, 3.63) is 34.9 Å². The Morgan fingerprint density at radius 1 is 1.40 bits per heavy atom. The number of nitrogens with one attached hydrogen (secondary N) is 1. The lowest BCUT2D eigenvalue weighted by Gasteiger charge is -2.26. The second kappa shape index (κ2) is 4.80. The highest BCUT2D eigenvalue weighted by atomic mass is 14.9. The molecule has 0 heterocycles. The number of fused-ring (bicyclic) bond motifs is 1. The van der Waals surface area contributed by atoms with Gasteiger partial charge in [0.1, 0.15) is 0 Å². The van der Waals surface area contributed by atoms with Crippen molar-refractivity contribution in [3.63, 3.8) is 0 Å². The molecular weight excluding hydrogens is 182 g/mol. The maximum absolute atomic E-state index is 3.65. The molecule has 1 aliphatic rings. The van der Waals surface area contributed by atoms with E-state index in [4.69, 9.17) is 0 Å². The Morgan fingerprint density at radius 3 is 3.07 bits per heavy atom. The van der Waals surface area contributed by atoms with E-state index in [0.717, 1.165) is 6.54 Å². The first-order chi connectivity index (χ1) is 7.31. The number of aryl methyl sites for hydroxylation is 2. The number of hydrogen-bond acceptors (Lipinski definition) is 1. The van der Waals surface area contributed by atoms with Gasteiger partial charge < -0.3 is 5.32 Å². The molecule has 0 fully saturated rings. The second-order valence-corrected chi connectivity index (χ2v) is 4.60. The van der Waals surface area contributed by atoms with E-state index in [-0.39, 0.29) is 0 Å². The van der Waals surface area contributed by atoms with Gasteiger partial charge in [-0.3, -0.25) is 0 Å². The zero-order valence-electron chi connectivity index (χ0n) is 9.84. The third kappa shape index (κ3) is 2.40. The van der Waals surface area contributed by atoms with Crippen molar-refractivity contribution >= 4 is 0 Å². The summed E-state index contributed by atoms with van der Waals surface area (Å²) in [6.07, 6.45) is 5.12. The Kier molecular flexibility index (Phi) is 3.42. The Hall–Kier alpha value is -0.820. The summed E-state index contributed by atoms with van der Waals surface area (Å²) in [5.41, 5.74) is 4.49. The fourth-order valence-corrected chi connectivity index (χ4v) is 2.45. The van der Waals surface area contributed by atoms with Gasteiger partial charge in [-0.25, -0.2) is 0 Å². The monoisotopic (exact) mass is 203 g/mol. The van der Waals surface area contributed by atoms with E-state index in [1.807, 2.05) is 0 Å². The third-order valence-electron chi connectivity index (χ3n) is 3.26. The van der Waals surface area contributed by atoms with Crippen LogP contribution < -0.4 is 5.32 Å². The van der Waals surface area contributed by atoms with Crippen LogP contribution in [0, 0.1) is 6.92 Å². The van der Waals surface area contributed by atoms with Crippen LogP contribution in [0.3, 0.4) is 0 Å². The molecule has 1 N–H and O–H groups in total. The molecule has 1 unspecified atom stereocenters. The highest BCUT2D eigenvalue weighted by Gasteiger charge is 2.18. The van der Waals surface area contributed by atoms with Crippen molar-refractivity contribution in [1.82, 2.24) is 5.32 Å². The summed E-state index contributed by atoms with van der Waals surface area (Å²) in [7, 11) is 0. The first kappa shape index (κ1) is 10.7. The largest absolute Gasteiger partial charge is 0.310 e. The molecule has 1 heteroatoms. The van der Waals surface area contributed by atoms with E-state index < -0.39 is 0 Å². The number of benzene rings is 1. The van der Waals surface area contributed by atoms with Gasteiger partial charge in [0.2, 0.25) is 0 Å². The van der Waals surface area contributed by atoms with Gasteiger partial charge in [-0.05, 0) is 50.3 Å². The Bertz CT molecular complexity index is 330. The minimum Gasteiger partial charge on any atom is -0.310 e. The average Bonchev–Trinajstić information content (AvgIpc) is 2.26. The van der Waals surface area contributed by atoms with Crippen LogP contribution in [0.5, 0.6) is 0 Å². The molecule has 0 bridgehead atoms. The summed E-state index contributed by atoms with van der Waals surface area (Å²) in [4.78, 5) is 0. The molecule has 0 amide bonds. The minimum atomic E-state index is 0.605. The lowest BCUT2D eigenvalue weighted by Crippen LogP contribution is -2.25. The lowest BCUT2D eigenvalue weighted by atomic mass is 9.86. The van der Waals surface area contributed by atoms with E-state index in [0.29, 0.717) is 6.04 Å². The summed E-state index contributed by atoms with van der Waals surface area (Å²) in [6.45, 7) is 5.55. The lowest BCUT2D eigenvalue weighted by molar-refractivity contribution is 0.460. The molecule has 1 aliphatic carbocycles. The van der Waals surface area contributed by atoms with Gasteiger partial charge in [-0.2, -0.15) is 0 Å². The predicted molar refractivity (Wildman–Crippen MR) is 65.2 cm³/mol. The summed E-state index contributed by atoms with van der Waals surface area (Å²) in [6, 6.07) is 7.52. The van der Waals surface area contributed by atoms with Gasteiger partial charge in [-0.15, -0.1) is 0 Å². The molecule has 1 aromatic carbocycles. The quantitative estimate of drug-likeness (QED) is 0.794. The van der Waals surface area contributed by atoms with Crippen molar-refractivity contribution in [2.75, 3.05) is 6.54 Å². The smallest absolute Gasteiger partial charge is 0.0323 e. The van der Waals surface area contributed by atoms with Crippen molar-refractivity contribution in [3.8, 4) is 0 Å². The van der Waals surface area contributed by atoms with Crippen molar-refractivity contribution in [1.29, 1.82) is 0 Å². The SMILES string of the molecule is CCCNC1CCCc2ccc(C)cc21. The standard InChI is InChI=1S/C14H21N/c1-3-9-15-14-6-4-5-12-8-7-11(2)10-13(12)14/h7-8,10,14-15H,3-6,9H2,1-2H3. The molecule has 0 radical (unpaired) electrons. The first-order valence-electron chi connectivity index (χ1n) is 6.14. The van der Waals surface area contributed by atoms with E-state index >= 15 is 0 Å². The van der Waals surface area contributed by atoms with Crippen LogP contribution in [-0.4, -0.2) is 6.54 Å². The maximum Gasteiger partial charge on any atom is 0.0323 e. The molecule has 0 saturated heterocycles. The summed E-state index contributed by atoms with van der Waals surface area (Å²) < 4.78 is 0. The van der Waals surface area contributed by atoms with Gasteiger partial charge in [0, 0.05) is 6.04 Å². The summed E-state index contributed by atoms with van der Waals surface area (Å²) in [5.74, 6) is 0. The van der Waals surface area contributed by atoms with Crippen LogP contribution in [0.1, 0.15) is 48.9 Å². The molecule has 82 valence electrons. The number of rotatable bonds is 3. The fourth-order valence-electron chi connectivity index (χ4n) is 2.45. The van der Waals surface area contributed by atoms with Crippen LogP contribution in [0.2, 0.25) is 0 Å². The molecule has 0 aromatic heterocycles. The Morgan fingerprint density at radius 2 is 2.27 bits per heavy atom. The average molecular weight is 203 g/mol. The van der Waals surface area contributed by atoms with Gasteiger partial charge in [-0.1, -0.05) is 30.7 Å². The Balaban J connectivity index is 2.20. The maximum atomic E-state index is 3.65. The predicted octanol–water partition coefficient (Wildman–Crippen LogP) is 3.37. The zero-order valence-corrected chi connectivity index (χ0v) is 9.84. The van der Waals surface area contributed by atoms with Crippen molar-refractivity contribution in [2.45, 2.75) is 45.6 Å². The van der Waals surface area contributed by atoms with Crippen molar-refractivity contribution < 1.29 is 0 Å². The van der Waals surface area contributed by atoms with E-state index in [9.17, 15) is 0 Å². The van der Waals surface area contributed by atoms with Gasteiger partial charge in [0.05, 0.1) is 0 Å². The molecule has 15 heavy (non-hydrogen) atoms. The molecule has 2 rings (SSSR count). The highest BCUT2D eigenvalue weighted by molar-refractivity contribution is 5.35. The molecule has 0 saturated carbocycles. The van der Waals surface area contributed by atoms with Crippen LogP contribution >= 0.6 is 0 Å². The molecule has 0 aliphatic heterocycles. The molecule has 1 nitrogen and oxygen atoms in total. The molecule has 0 spiro atoms. The topological polar surface area (TPSA) is 12.0 Å². The second-order valence-electron chi connectivity index (χ2n) is 4.60. The van der Waals surface area contributed by atoms with Gasteiger partial charge in [0.25, 0.3) is 0 Å². The first-order valence-corrected chi connectivity index (χ1v) is 6.14. The van der Waals surface area contributed by atoms with E-state index in [1.165, 1.54) is 31.2 Å². The third-order valence-corrected chi connectivity index (χ3v) is 3.26. The van der Waals surface area contributed by atoms with Gasteiger partial charge in [0.15, 0.2) is 0 Å². The number of hydrogen-bond donors (Lipinski definition) is 1. The zero-order chi connectivity index (χ0) is 10.7. The highest BCUT2D eigenvalue weighted by Crippen LogP contribution is 2.30. The van der Waals surface area contributed by atoms with Crippen LogP contribution in [0.25, 0.3) is 0 Å². The van der Waals surface area contributed by atoms with Crippen LogP contribution in [0.4, 0.5) is 0 Å². The molecule has 1 atom stereocenters. The minimum absolute atomic E-state index is 0.605. The Labute approximate surface area is 92.9 Å². The van der Waals surface area contributed by atoms with E-state index in [2.05, 4.69) is 37.4 Å². The van der Waals surface area contributed by atoms with Crippen molar-refractivity contribution in [2.24, 2.45) is 0 Å². The van der Waals surface area contributed by atoms with Gasteiger partial charge >= 0.3 is 0 Å². The molecular formula is C14H21N. The van der Waals surface area contributed by atoms with Crippen LogP contribution in [-0.2, 0) is 6.42 Å².